The summed E-state index contributed by atoms with van der Waals surface area (Å²) in [6.45, 7) is 21.0. The second-order valence-electron chi connectivity index (χ2n) is 8.76. The van der Waals surface area contributed by atoms with Gasteiger partial charge in [-0.1, -0.05) is 0 Å². The van der Waals surface area contributed by atoms with E-state index in [1.54, 1.807) is 24.1 Å². The summed E-state index contributed by atoms with van der Waals surface area (Å²) in [6.07, 6.45) is 1.46. The van der Waals surface area contributed by atoms with Crippen LogP contribution in [-0.2, 0) is 35.1 Å². The molecule has 1 aromatic rings. The summed E-state index contributed by atoms with van der Waals surface area (Å²) in [7, 11) is 0. The van der Waals surface area contributed by atoms with Crippen molar-refractivity contribution in [2.45, 2.75) is 78.6 Å². The van der Waals surface area contributed by atoms with E-state index in [4.69, 9.17) is 0 Å². The molecule has 0 aliphatic carbocycles. The van der Waals surface area contributed by atoms with Crippen LogP contribution in [0.2, 0.25) is 0 Å². The van der Waals surface area contributed by atoms with E-state index in [0.29, 0.717) is 0 Å². The maximum absolute atomic E-state index is 2.46. The second kappa shape index (κ2) is 5.77. The van der Waals surface area contributed by atoms with Gasteiger partial charge >= 0.3 is 138 Å². The van der Waals surface area contributed by atoms with Crippen LogP contribution in [-0.4, -0.2) is 0 Å². The Hall–Kier alpha value is 0.208. The average molecular weight is 460 g/mol. The van der Waals surface area contributed by atoms with E-state index in [-0.39, 0.29) is 16.2 Å². The van der Waals surface area contributed by atoms with Crippen molar-refractivity contribution in [1.82, 2.24) is 0 Å². The second-order valence-corrected chi connectivity index (χ2v) is 11.4. The summed E-state index contributed by atoms with van der Waals surface area (Å²) < 4.78 is 0. The molecule has 0 saturated heterocycles. The van der Waals surface area contributed by atoms with Crippen molar-refractivity contribution < 1.29 is 18.8 Å². The van der Waals surface area contributed by atoms with Crippen molar-refractivity contribution in [3.05, 3.63) is 28.8 Å². The van der Waals surface area contributed by atoms with Crippen LogP contribution in [0.1, 0.15) is 79.0 Å². The first kappa shape index (κ1) is 18.3. The monoisotopic (exact) mass is 460 g/mol. The van der Waals surface area contributed by atoms with Crippen LogP contribution in [0.15, 0.2) is 12.1 Å². The summed E-state index contributed by atoms with van der Waals surface area (Å²) in [5, 5.41) is 1.56. The first-order valence-corrected chi connectivity index (χ1v) is 12.1. The van der Waals surface area contributed by atoms with E-state index in [0.717, 1.165) is 0 Å². The minimum atomic E-state index is 0.204. The average Bonchev–Trinajstić information content (AvgIpc) is 2.23. The van der Waals surface area contributed by atoms with Crippen LogP contribution in [0.5, 0.6) is 0 Å². The van der Waals surface area contributed by atoms with E-state index in [1.807, 2.05) is 0 Å². The van der Waals surface area contributed by atoms with Crippen LogP contribution >= 0.6 is 6.21 Å². The maximum atomic E-state index is 2.46. The van der Waals surface area contributed by atoms with Crippen molar-refractivity contribution >= 4 is 11.5 Å². The van der Waals surface area contributed by atoms with Gasteiger partial charge in [0.05, 0.1) is 0 Å². The SMILES string of the molecule is CC(C)(C)c1cc(C(C)(C)C)c([P]=[W])c(C(C)(C)C)c1. The fourth-order valence-corrected chi connectivity index (χ4v) is 5.43. The van der Waals surface area contributed by atoms with E-state index >= 15 is 0 Å². The van der Waals surface area contributed by atoms with Gasteiger partial charge in [0.25, 0.3) is 0 Å². The molecule has 0 saturated carbocycles. The molecule has 2 heteroatoms. The minimum absolute atomic E-state index is 0.204. The fourth-order valence-electron chi connectivity index (χ4n) is 2.31. The molecule has 0 bridgehead atoms. The Morgan fingerprint density at radius 3 is 1.25 bits per heavy atom. The van der Waals surface area contributed by atoms with Crippen molar-refractivity contribution in [1.29, 1.82) is 0 Å². The Balaban J connectivity index is 3.80. The predicted octanol–water partition coefficient (Wildman–Crippen LogP) is 5.61. The summed E-state index contributed by atoms with van der Waals surface area (Å²) >= 11 is 1.62. The number of rotatable bonds is 1. The third kappa shape index (κ3) is 4.11. The molecule has 0 N–H and O–H groups in total. The molecule has 0 fully saturated rings. The molecular weight excluding hydrogens is 431 g/mol. The Morgan fingerprint density at radius 1 is 0.700 bits per heavy atom. The zero-order valence-electron chi connectivity index (χ0n) is 14.5. The van der Waals surface area contributed by atoms with E-state index in [1.165, 1.54) is 22.9 Å². The normalized spacial score (nSPS) is 13.8. The molecule has 0 atom stereocenters. The summed E-state index contributed by atoms with van der Waals surface area (Å²) in [5.74, 6) is 0. The van der Waals surface area contributed by atoms with Crippen LogP contribution < -0.4 is 5.30 Å². The van der Waals surface area contributed by atoms with Crippen molar-refractivity contribution in [2.24, 2.45) is 0 Å². The number of hydrogen-bond donors (Lipinski definition) is 0. The molecule has 0 nitrogen and oxygen atoms in total. The van der Waals surface area contributed by atoms with Gasteiger partial charge in [-0.25, -0.2) is 0 Å². The molecule has 20 heavy (non-hydrogen) atoms. The molecular formula is C18H29PW. The third-order valence-corrected chi connectivity index (χ3v) is 6.32. The van der Waals surface area contributed by atoms with Crippen molar-refractivity contribution in [2.75, 3.05) is 0 Å². The van der Waals surface area contributed by atoms with Crippen LogP contribution in [0.4, 0.5) is 0 Å². The molecule has 0 radical (unpaired) electrons. The molecule has 0 heterocycles. The topological polar surface area (TPSA) is 0 Å². The molecule has 112 valence electrons. The molecule has 0 aliphatic heterocycles. The molecule has 0 amide bonds. The van der Waals surface area contributed by atoms with E-state index in [9.17, 15) is 0 Å². The summed E-state index contributed by atoms with van der Waals surface area (Å²) in [5.41, 5.74) is 5.15. The number of hydrogen-bond acceptors (Lipinski definition) is 0. The van der Waals surface area contributed by atoms with Gasteiger partial charge in [0.2, 0.25) is 0 Å². The first-order chi connectivity index (χ1) is 8.78. The third-order valence-electron chi connectivity index (χ3n) is 3.68. The quantitative estimate of drug-likeness (QED) is 0.478. The number of benzene rings is 1. The van der Waals surface area contributed by atoms with Gasteiger partial charge in [-0.3, -0.25) is 0 Å². The Bertz CT molecular complexity index is 473. The van der Waals surface area contributed by atoms with Gasteiger partial charge in [0.15, 0.2) is 0 Å². The summed E-state index contributed by atoms with van der Waals surface area (Å²) in [4.78, 5) is 0. The van der Waals surface area contributed by atoms with E-state index < -0.39 is 0 Å². The molecule has 0 aromatic heterocycles. The first-order valence-electron chi connectivity index (χ1n) is 7.31. The van der Waals surface area contributed by atoms with Crippen LogP contribution in [0, 0.1) is 0 Å². The predicted molar refractivity (Wildman–Crippen MR) is 89.1 cm³/mol. The summed E-state index contributed by atoms with van der Waals surface area (Å²) in [6, 6.07) is 4.92. The molecule has 1 aromatic carbocycles. The van der Waals surface area contributed by atoms with Crippen molar-refractivity contribution in [3.8, 4) is 0 Å². The van der Waals surface area contributed by atoms with Gasteiger partial charge in [-0.15, -0.1) is 0 Å². The van der Waals surface area contributed by atoms with Gasteiger partial charge in [-0.2, -0.15) is 0 Å². The zero-order chi connectivity index (χ0) is 15.9. The zero-order valence-corrected chi connectivity index (χ0v) is 18.3. The van der Waals surface area contributed by atoms with Crippen molar-refractivity contribution in [3.63, 3.8) is 0 Å². The Labute approximate surface area is 137 Å². The molecule has 0 spiro atoms. The molecule has 0 aliphatic rings. The van der Waals surface area contributed by atoms with Gasteiger partial charge in [0.1, 0.15) is 0 Å². The molecule has 0 unspecified atom stereocenters. The van der Waals surface area contributed by atoms with Gasteiger partial charge in [-0.05, 0) is 0 Å². The molecule has 1 rings (SSSR count). The van der Waals surface area contributed by atoms with Crippen LogP contribution in [0.3, 0.4) is 0 Å². The Morgan fingerprint density at radius 2 is 1.05 bits per heavy atom. The van der Waals surface area contributed by atoms with Gasteiger partial charge < -0.3 is 0 Å². The van der Waals surface area contributed by atoms with E-state index in [2.05, 4.69) is 74.4 Å². The van der Waals surface area contributed by atoms with Gasteiger partial charge in [0, 0.05) is 0 Å². The van der Waals surface area contributed by atoms with Crippen LogP contribution in [0.25, 0.3) is 0 Å². The Kier molecular flexibility index (Phi) is 5.27. The standard InChI is InChI=1S/C18H29P.W/c1-16(2,3)12-10-13(17(4,5)6)15(19)14(11-12)18(7,8)9;/h10-11H,1-9H3;. The fraction of sp³-hybridized carbons (Fsp3) is 0.667.